The Kier molecular flexibility index (Phi) is 3.89. The molecule has 6 nitrogen and oxygen atoms in total. The van der Waals surface area contributed by atoms with E-state index in [2.05, 4.69) is 9.97 Å². The number of hydrogen-bond donors (Lipinski definition) is 1. The second kappa shape index (κ2) is 5.88. The van der Waals surface area contributed by atoms with Crippen LogP contribution in [0.5, 0.6) is 0 Å². The van der Waals surface area contributed by atoms with Crippen LogP contribution in [-0.4, -0.2) is 25.6 Å². The number of rotatable bonds is 3. The van der Waals surface area contributed by atoms with Crippen molar-refractivity contribution in [2.45, 2.75) is 27.3 Å². The molecule has 0 spiro atoms. The molecule has 3 heterocycles. The van der Waals surface area contributed by atoms with Gasteiger partial charge in [0.05, 0.1) is 11.1 Å². The molecule has 0 radical (unpaired) electrons. The Labute approximate surface area is 138 Å². The molecule has 0 aliphatic carbocycles. The van der Waals surface area contributed by atoms with Crippen LogP contribution >= 0.6 is 0 Å². The second-order valence-electron chi connectivity index (χ2n) is 5.68. The molecule has 0 saturated heterocycles. The van der Waals surface area contributed by atoms with Gasteiger partial charge in [-0.1, -0.05) is 0 Å². The van der Waals surface area contributed by atoms with Crippen LogP contribution in [0.1, 0.15) is 28.4 Å². The molecular weight excluding hydrogens is 306 g/mol. The number of carbonyl (C=O) groups is 1. The van der Waals surface area contributed by atoms with E-state index < -0.39 is 11.4 Å². The molecule has 0 aliphatic heterocycles. The molecule has 3 rings (SSSR count). The Morgan fingerprint density at radius 1 is 1.21 bits per heavy atom. The van der Waals surface area contributed by atoms with Gasteiger partial charge in [-0.05, 0) is 44.0 Å². The van der Waals surface area contributed by atoms with E-state index in [1.807, 2.05) is 20.8 Å². The van der Waals surface area contributed by atoms with Gasteiger partial charge in [0.25, 0.3) is 0 Å². The Balaban J connectivity index is 2.35. The van der Waals surface area contributed by atoms with Gasteiger partial charge in [0.15, 0.2) is 0 Å². The minimum Gasteiger partial charge on any atom is -0.477 e. The zero-order valence-corrected chi connectivity index (χ0v) is 13.7. The molecule has 3 aromatic heterocycles. The average Bonchev–Trinajstić information content (AvgIpc) is 2.54. The molecule has 24 heavy (non-hydrogen) atoms. The summed E-state index contributed by atoms with van der Waals surface area (Å²) in [5.41, 5.74) is 3.44. The van der Waals surface area contributed by atoms with Crippen molar-refractivity contribution >= 4 is 17.0 Å². The lowest BCUT2D eigenvalue weighted by Crippen LogP contribution is -2.19. The number of aryl methyl sites for hydroxylation is 3. The van der Waals surface area contributed by atoms with E-state index >= 15 is 0 Å². The van der Waals surface area contributed by atoms with Crippen molar-refractivity contribution < 1.29 is 9.90 Å². The van der Waals surface area contributed by atoms with Crippen molar-refractivity contribution in [3.63, 3.8) is 0 Å². The highest BCUT2D eigenvalue weighted by atomic mass is 16.4. The van der Waals surface area contributed by atoms with E-state index in [0.717, 1.165) is 22.4 Å². The van der Waals surface area contributed by atoms with Gasteiger partial charge in [-0.25, -0.2) is 9.78 Å². The van der Waals surface area contributed by atoms with Gasteiger partial charge >= 0.3 is 5.97 Å². The third-order valence-corrected chi connectivity index (χ3v) is 4.07. The summed E-state index contributed by atoms with van der Waals surface area (Å²) in [7, 11) is 0. The number of pyridine rings is 3. The first-order valence-electron chi connectivity index (χ1n) is 7.63. The average molecular weight is 323 g/mol. The molecule has 0 unspecified atom stereocenters. The summed E-state index contributed by atoms with van der Waals surface area (Å²) in [5, 5.41) is 9.52. The molecular formula is C18H17N3O3. The van der Waals surface area contributed by atoms with Crippen molar-refractivity contribution in [2.75, 3.05) is 0 Å². The smallest absolute Gasteiger partial charge is 0.341 e. The van der Waals surface area contributed by atoms with E-state index in [1.165, 1.54) is 6.20 Å². The maximum Gasteiger partial charge on any atom is 0.341 e. The predicted molar refractivity (Wildman–Crippen MR) is 91.3 cm³/mol. The first-order valence-corrected chi connectivity index (χ1v) is 7.63. The number of hydrogen-bond acceptors (Lipinski definition) is 4. The normalized spacial score (nSPS) is 11.0. The Bertz CT molecular complexity index is 1000. The van der Waals surface area contributed by atoms with Crippen LogP contribution in [0.2, 0.25) is 0 Å². The van der Waals surface area contributed by atoms with E-state index in [4.69, 9.17) is 0 Å². The van der Waals surface area contributed by atoms with Crippen molar-refractivity contribution in [1.29, 1.82) is 0 Å². The number of fused-ring (bicyclic) bond motifs is 1. The van der Waals surface area contributed by atoms with Crippen molar-refractivity contribution in [3.05, 3.63) is 57.6 Å². The van der Waals surface area contributed by atoms with Crippen molar-refractivity contribution in [3.8, 4) is 11.3 Å². The summed E-state index contributed by atoms with van der Waals surface area (Å²) < 4.78 is 1.69. The van der Waals surface area contributed by atoms with Crippen LogP contribution in [0.4, 0.5) is 0 Å². The minimum atomic E-state index is -1.23. The largest absolute Gasteiger partial charge is 0.477 e. The molecule has 122 valence electrons. The van der Waals surface area contributed by atoms with Crippen LogP contribution in [-0.2, 0) is 6.54 Å². The number of nitrogens with zero attached hydrogens (tertiary/aromatic N) is 3. The standard InChI is InChI=1S/C18H17N3O3/c1-4-21-9-13(18(23)24)16(22)12-5-6-14(20-17(12)21)15-10(2)7-19-8-11(15)3/h5-9H,4H2,1-3H3,(H,23,24). The predicted octanol–water partition coefficient (Wildman–Crippen LogP) is 2.79. The molecule has 0 amide bonds. The van der Waals surface area contributed by atoms with Crippen LogP contribution in [0.15, 0.2) is 35.5 Å². The van der Waals surface area contributed by atoms with Gasteiger partial charge in [0.1, 0.15) is 11.2 Å². The summed E-state index contributed by atoms with van der Waals surface area (Å²) in [4.78, 5) is 32.5. The third kappa shape index (κ3) is 2.46. The van der Waals surface area contributed by atoms with Gasteiger partial charge in [-0.3, -0.25) is 9.78 Å². The van der Waals surface area contributed by atoms with Gasteiger partial charge in [-0.15, -0.1) is 0 Å². The maximum absolute atomic E-state index is 12.4. The maximum atomic E-state index is 12.4. The quantitative estimate of drug-likeness (QED) is 0.801. The fraction of sp³-hybridized carbons (Fsp3) is 0.222. The van der Waals surface area contributed by atoms with Crippen LogP contribution in [0, 0.1) is 13.8 Å². The van der Waals surface area contributed by atoms with Crippen LogP contribution in [0.3, 0.4) is 0 Å². The fourth-order valence-corrected chi connectivity index (χ4v) is 2.90. The van der Waals surface area contributed by atoms with Crippen molar-refractivity contribution in [1.82, 2.24) is 14.5 Å². The minimum absolute atomic E-state index is 0.241. The number of carboxylic acid groups (broad SMARTS) is 1. The Morgan fingerprint density at radius 3 is 2.46 bits per heavy atom. The van der Waals surface area contributed by atoms with E-state index in [-0.39, 0.29) is 5.56 Å². The molecule has 0 bridgehead atoms. The summed E-state index contributed by atoms with van der Waals surface area (Å²) in [6.07, 6.45) is 4.90. The molecule has 3 aromatic rings. The number of carboxylic acids is 1. The fourth-order valence-electron chi connectivity index (χ4n) is 2.90. The molecule has 0 fully saturated rings. The second-order valence-corrected chi connectivity index (χ2v) is 5.68. The third-order valence-electron chi connectivity index (χ3n) is 4.07. The number of aromatic nitrogens is 3. The van der Waals surface area contributed by atoms with Crippen LogP contribution < -0.4 is 5.43 Å². The zero-order chi connectivity index (χ0) is 17.4. The highest BCUT2D eigenvalue weighted by molar-refractivity contribution is 5.92. The first-order chi connectivity index (χ1) is 11.4. The van der Waals surface area contributed by atoms with Gasteiger partial charge < -0.3 is 9.67 Å². The molecule has 6 heteroatoms. The molecule has 0 aliphatic rings. The lowest BCUT2D eigenvalue weighted by atomic mass is 10.0. The van der Waals surface area contributed by atoms with Crippen LogP contribution in [0.25, 0.3) is 22.3 Å². The van der Waals surface area contributed by atoms with Gasteiger partial charge in [0, 0.05) is 30.7 Å². The molecule has 0 saturated carbocycles. The van der Waals surface area contributed by atoms with E-state index in [1.54, 1.807) is 29.1 Å². The lowest BCUT2D eigenvalue weighted by molar-refractivity contribution is 0.0695. The zero-order valence-electron chi connectivity index (χ0n) is 13.7. The van der Waals surface area contributed by atoms with E-state index in [9.17, 15) is 14.7 Å². The summed E-state index contributed by atoms with van der Waals surface area (Å²) in [5.74, 6) is -1.23. The monoisotopic (exact) mass is 323 g/mol. The van der Waals surface area contributed by atoms with Gasteiger partial charge in [-0.2, -0.15) is 0 Å². The van der Waals surface area contributed by atoms with E-state index in [0.29, 0.717) is 17.6 Å². The summed E-state index contributed by atoms with van der Waals surface area (Å²) in [6.45, 7) is 6.32. The summed E-state index contributed by atoms with van der Waals surface area (Å²) in [6, 6.07) is 3.41. The lowest BCUT2D eigenvalue weighted by Gasteiger charge is -2.13. The SMILES string of the molecule is CCn1cc(C(=O)O)c(=O)c2ccc(-c3c(C)cncc3C)nc21. The Morgan fingerprint density at radius 2 is 1.88 bits per heavy atom. The van der Waals surface area contributed by atoms with Crippen molar-refractivity contribution in [2.24, 2.45) is 0 Å². The molecule has 0 atom stereocenters. The molecule has 0 aromatic carbocycles. The first kappa shape index (κ1) is 15.9. The summed E-state index contributed by atoms with van der Waals surface area (Å²) >= 11 is 0. The highest BCUT2D eigenvalue weighted by Gasteiger charge is 2.16. The topological polar surface area (TPSA) is 85.1 Å². The molecule has 1 N–H and O–H groups in total. The number of aromatic carboxylic acids is 1. The highest BCUT2D eigenvalue weighted by Crippen LogP contribution is 2.26. The van der Waals surface area contributed by atoms with Gasteiger partial charge in [0.2, 0.25) is 5.43 Å². The Hall–Kier alpha value is -3.02.